The third kappa shape index (κ3) is 30.2. The molecule has 6 rings (SSSR count). The molecule has 0 aliphatic carbocycles. The summed E-state index contributed by atoms with van der Waals surface area (Å²) in [4.78, 5) is 38.0. The van der Waals surface area contributed by atoms with Crippen molar-refractivity contribution in [2.45, 2.75) is 90.2 Å². The zero-order chi connectivity index (χ0) is 41.2. The number of piperidine rings is 3. The zero-order valence-corrected chi connectivity index (χ0v) is 37.2. The van der Waals surface area contributed by atoms with Gasteiger partial charge < -0.3 is 36.3 Å². The minimum atomic E-state index is -1.00. The maximum absolute atomic E-state index is 11.2. The van der Waals surface area contributed by atoms with Gasteiger partial charge >= 0.3 is 29.6 Å². The maximum atomic E-state index is 11.2. The van der Waals surface area contributed by atoms with E-state index >= 15 is 0 Å². The Morgan fingerprint density at radius 2 is 1.25 bits per heavy atom. The van der Waals surface area contributed by atoms with Crippen LogP contribution in [-0.4, -0.2) is 85.8 Å². The predicted octanol–water partition coefficient (Wildman–Crippen LogP) is 3.08. The van der Waals surface area contributed by atoms with E-state index < -0.39 is 7.15 Å². The van der Waals surface area contributed by atoms with E-state index in [1.54, 1.807) is 13.8 Å². The normalized spacial score (nSPS) is 18.8. The van der Waals surface area contributed by atoms with Gasteiger partial charge in [-0.2, -0.15) is 0 Å². The van der Waals surface area contributed by atoms with Crippen molar-refractivity contribution >= 4 is 29.6 Å². The number of hydrogen-bond acceptors (Lipinski definition) is 9. The Kier molecular flexibility index (Phi) is 36.0. The number of halogens is 2. The molecule has 0 aromatic heterocycles. The second-order valence-electron chi connectivity index (χ2n) is 14.2. The van der Waals surface area contributed by atoms with Gasteiger partial charge in [0.25, 0.3) is 6.47 Å². The molecule has 3 heterocycles. The Bertz CT molecular complexity index is 1400. The standard InChI is InChI=1S/C15H21NO.C12H18N2.C8H15NO.C7H7Cl.CH3F.CH2O3.Na.H2O/c1-13(17)10-15-8-5-9-16(12-15)11-14-6-3-2-4-7-14;13-12-7-4-8-14(10-12)9-11-5-2-1-3-6-11;1-7(10)5-8-3-2-4-9-6-8;8-6-7-4-2-1-3-5-7;1-2;2-1-4-3;;/h2-4,6-7,15H,5,8-12H2,1H3;1-3,5-6,12H,4,7-10,13H2;8-9H,2-6H2,1H3;1-5H,6H2;1H3;1,3H;;1H2/q;;;;;;+1;/p-1/i;;;;1D;;;. The van der Waals surface area contributed by atoms with E-state index in [0.717, 1.165) is 52.1 Å². The van der Waals surface area contributed by atoms with E-state index in [1.165, 1.54) is 68.3 Å². The van der Waals surface area contributed by atoms with Crippen LogP contribution in [0.4, 0.5) is 4.39 Å². The van der Waals surface area contributed by atoms with Crippen molar-refractivity contribution in [1.82, 2.24) is 15.1 Å². The number of hydrogen-bond donors (Lipinski definition) is 2. The molecule has 0 bridgehead atoms. The summed E-state index contributed by atoms with van der Waals surface area (Å²) in [7, 11) is -1.00. The number of carbonyl (C=O) groups excluding carboxylic acids is 3. The van der Waals surface area contributed by atoms with Crippen LogP contribution >= 0.6 is 11.6 Å². The van der Waals surface area contributed by atoms with Crippen LogP contribution in [0.2, 0.25) is 0 Å². The molecule has 3 saturated heterocycles. The van der Waals surface area contributed by atoms with Crippen LogP contribution in [0.25, 0.3) is 0 Å². The molecule has 314 valence electrons. The molecule has 13 heteroatoms. The summed E-state index contributed by atoms with van der Waals surface area (Å²) in [5.74, 6) is 2.46. The number of nitrogens with two attached hydrogens (primary N) is 1. The second-order valence-corrected chi connectivity index (χ2v) is 14.5. The molecular formula is C44H67ClFN4NaO6. The number of nitrogens with zero attached hydrogens (tertiary/aromatic N) is 2. The molecule has 0 radical (unpaired) electrons. The number of benzene rings is 3. The maximum Gasteiger partial charge on any atom is 1.00 e. The van der Waals surface area contributed by atoms with E-state index in [0.29, 0.717) is 35.3 Å². The van der Waals surface area contributed by atoms with Crippen LogP contribution in [0.5, 0.6) is 0 Å². The number of likely N-dealkylation sites (tertiary alicyclic amines) is 2. The summed E-state index contributed by atoms with van der Waals surface area (Å²) in [6.45, 7) is 11.9. The van der Waals surface area contributed by atoms with Gasteiger partial charge in [0.05, 0.1) is 8.52 Å². The Hall–Kier alpha value is -2.55. The van der Waals surface area contributed by atoms with Gasteiger partial charge in [-0.25, -0.2) is 0 Å². The van der Waals surface area contributed by atoms with Gasteiger partial charge in [-0.3, -0.25) is 19.0 Å². The molecule has 0 amide bonds. The molecule has 10 nitrogen and oxygen atoms in total. The minimum Gasteiger partial charge on any atom is -0.662 e. The number of alkyl halides is 2. The molecule has 3 aromatic carbocycles. The average molecular weight is 826 g/mol. The molecule has 3 atom stereocenters. The topological polar surface area (TPSA) is 160 Å². The van der Waals surface area contributed by atoms with Crippen LogP contribution < -0.4 is 45.9 Å². The Morgan fingerprint density at radius 1 is 0.825 bits per heavy atom. The monoisotopic (exact) mass is 825 g/mol. The van der Waals surface area contributed by atoms with Gasteiger partial charge in [0, 0.05) is 50.9 Å². The van der Waals surface area contributed by atoms with Gasteiger partial charge in [-0.05, 0) is 107 Å². The van der Waals surface area contributed by atoms with E-state index in [1.807, 2.05) is 30.3 Å². The van der Waals surface area contributed by atoms with Crippen molar-refractivity contribution in [2.75, 3.05) is 46.4 Å². The molecule has 0 saturated carbocycles. The molecule has 3 unspecified atom stereocenters. The average Bonchev–Trinajstić information content (AvgIpc) is 3.20. The molecule has 3 aliphatic heterocycles. The summed E-state index contributed by atoms with van der Waals surface area (Å²) in [6, 6.07) is 31.5. The Labute approximate surface area is 370 Å². The number of Topliss-reactive ketones (excluding diaryl/α,β-unsaturated/α-hetero) is 2. The Balaban J connectivity index is 0. The van der Waals surface area contributed by atoms with Gasteiger partial charge in [0.2, 0.25) is 0 Å². The van der Waals surface area contributed by atoms with Crippen molar-refractivity contribution in [3.8, 4) is 0 Å². The third-order valence-corrected chi connectivity index (χ3v) is 9.54. The minimum absolute atomic E-state index is 0. The fourth-order valence-electron chi connectivity index (χ4n) is 6.86. The quantitative estimate of drug-likeness (QED) is 0.103. The molecule has 57 heavy (non-hydrogen) atoms. The first kappa shape index (κ1) is 54.5. The molecule has 5 N–H and O–H groups in total. The van der Waals surface area contributed by atoms with Crippen molar-refractivity contribution in [2.24, 2.45) is 17.6 Å². The zero-order valence-electron chi connectivity index (χ0n) is 35.5. The number of ketones is 2. The first-order valence-electron chi connectivity index (χ1n) is 20.0. The second kappa shape index (κ2) is 37.7. The summed E-state index contributed by atoms with van der Waals surface area (Å²) < 4.78 is 15.5. The van der Waals surface area contributed by atoms with Gasteiger partial charge in [0.1, 0.15) is 11.6 Å². The van der Waals surface area contributed by atoms with Gasteiger partial charge in [-0.15, -0.1) is 11.6 Å². The first-order chi connectivity index (χ1) is 27.1. The molecule has 3 fully saturated rings. The van der Waals surface area contributed by atoms with Crippen molar-refractivity contribution < 1.29 is 65.3 Å². The SMILES string of the molecule is CC(=O)CC1CCCN(Cc2ccccc2)C1.CC(=O)CC1CCCNC1.ClCc1ccccc1.NC1CCCN(Cc2ccccc2)C1.O.O=CO[O-].[2H]CF.[Na+]. The number of rotatable bonds is 10. The third-order valence-electron chi connectivity index (χ3n) is 9.23. The number of nitrogens with one attached hydrogen (secondary N) is 1. The first-order valence-corrected chi connectivity index (χ1v) is 19.8. The van der Waals surface area contributed by atoms with E-state index in [-0.39, 0.29) is 41.5 Å². The van der Waals surface area contributed by atoms with Crippen LogP contribution in [0.3, 0.4) is 0 Å². The van der Waals surface area contributed by atoms with Gasteiger partial charge in [-0.1, -0.05) is 91.0 Å². The Morgan fingerprint density at radius 3 is 1.63 bits per heavy atom. The van der Waals surface area contributed by atoms with E-state index in [9.17, 15) is 14.0 Å². The van der Waals surface area contributed by atoms with Crippen molar-refractivity contribution in [3.63, 3.8) is 0 Å². The molecule has 0 spiro atoms. The van der Waals surface area contributed by atoms with Crippen molar-refractivity contribution in [3.05, 3.63) is 108 Å². The molecule has 3 aromatic rings. The summed E-state index contributed by atoms with van der Waals surface area (Å²) in [5.41, 5.74) is 9.87. The summed E-state index contributed by atoms with van der Waals surface area (Å²) in [5, 5.41) is 11.7. The van der Waals surface area contributed by atoms with Crippen LogP contribution in [0, 0.1) is 11.8 Å². The summed E-state index contributed by atoms with van der Waals surface area (Å²) >= 11 is 5.53. The van der Waals surface area contributed by atoms with E-state index in [4.69, 9.17) is 28.8 Å². The molecule has 3 aliphatic rings. The number of carbonyl (C=O) groups is 3. The van der Waals surface area contributed by atoms with Crippen LogP contribution in [0.15, 0.2) is 91.0 Å². The van der Waals surface area contributed by atoms with Gasteiger partial charge in [0.15, 0.2) is 0 Å². The fourth-order valence-corrected chi connectivity index (χ4v) is 7.04. The fraction of sp³-hybridized carbons (Fsp3) is 0.523. The van der Waals surface area contributed by atoms with Crippen molar-refractivity contribution in [1.29, 1.82) is 0 Å². The van der Waals surface area contributed by atoms with E-state index in [2.05, 4.69) is 80.7 Å². The van der Waals surface area contributed by atoms with Crippen LogP contribution in [-0.2, 0) is 38.2 Å². The predicted molar refractivity (Wildman–Crippen MR) is 223 cm³/mol. The largest absolute Gasteiger partial charge is 1.00 e. The summed E-state index contributed by atoms with van der Waals surface area (Å²) in [6.07, 6.45) is 8.86. The smallest absolute Gasteiger partial charge is 0.662 e. The van der Waals surface area contributed by atoms with Crippen LogP contribution in [0.1, 0.15) is 83.3 Å². The molecular weight excluding hydrogens is 758 g/mol.